The summed E-state index contributed by atoms with van der Waals surface area (Å²) in [5.74, 6) is -0.513. The van der Waals surface area contributed by atoms with Crippen molar-refractivity contribution in [2.75, 3.05) is 21.0 Å². The van der Waals surface area contributed by atoms with Crippen molar-refractivity contribution in [2.24, 2.45) is 0 Å². The largest absolute Gasteiger partial charge is 0.465 e. The van der Waals surface area contributed by atoms with E-state index >= 15 is 0 Å². The quantitative estimate of drug-likeness (QED) is 0.571. The minimum atomic E-state index is -1.62. The Morgan fingerprint density at radius 2 is 2.19 bits per heavy atom. The summed E-state index contributed by atoms with van der Waals surface area (Å²) in [5.41, 5.74) is 0.531. The summed E-state index contributed by atoms with van der Waals surface area (Å²) >= 11 is 0. The van der Waals surface area contributed by atoms with E-state index in [9.17, 15) is 9.18 Å². The van der Waals surface area contributed by atoms with Crippen LogP contribution >= 0.6 is 0 Å². The monoisotopic (exact) mass is 228 g/mol. The lowest BCUT2D eigenvalue weighted by atomic mass is 10.1. The van der Waals surface area contributed by atoms with Gasteiger partial charge in [-0.3, -0.25) is 0 Å². The van der Waals surface area contributed by atoms with Crippen LogP contribution in [-0.2, 0) is 14.2 Å². The molecule has 0 N–H and O–H groups in total. The number of benzene rings is 1. The number of hydrogen-bond donors (Lipinski definition) is 0. The zero-order chi connectivity index (χ0) is 12.0. The Labute approximate surface area is 92.9 Å². The van der Waals surface area contributed by atoms with Gasteiger partial charge in [0.1, 0.15) is 6.79 Å². The molecule has 0 aliphatic carbocycles. The van der Waals surface area contributed by atoms with Crippen molar-refractivity contribution >= 4 is 5.97 Å². The number of alkyl halides is 1. The van der Waals surface area contributed by atoms with Crippen LogP contribution in [0, 0.1) is 0 Å². The van der Waals surface area contributed by atoms with Crippen molar-refractivity contribution < 1.29 is 23.4 Å². The topological polar surface area (TPSA) is 44.8 Å². The molecule has 1 aromatic rings. The van der Waals surface area contributed by atoms with Gasteiger partial charge in [-0.2, -0.15) is 0 Å². The van der Waals surface area contributed by atoms with Gasteiger partial charge in [0.25, 0.3) is 0 Å². The van der Waals surface area contributed by atoms with Crippen LogP contribution in [0.2, 0.25) is 0 Å². The van der Waals surface area contributed by atoms with Crippen LogP contribution in [0.5, 0.6) is 0 Å². The molecule has 0 spiro atoms. The number of carbonyl (C=O) groups excluding carboxylic acids is 1. The van der Waals surface area contributed by atoms with Gasteiger partial charge in [0.2, 0.25) is 6.36 Å². The molecular weight excluding hydrogens is 215 g/mol. The maximum absolute atomic E-state index is 13.4. The van der Waals surface area contributed by atoms with Crippen LogP contribution in [0.25, 0.3) is 0 Å². The molecule has 0 saturated heterocycles. The number of rotatable bonds is 5. The van der Waals surface area contributed by atoms with Gasteiger partial charge in [0.05, 0.1) is 12.7 Å². The molecule has 0 fully saturated rings. The second-order valence-corrected chi connectivity index (χ2v) is 3.01. The maximum atomic E-state index is 13.4. The Balaban J connectivity index is 2.77. The van der Waals surface area contributed by atoms with Crippen molar-refractivity contribution in [3.63, 3.8) is 0 Å². The summed E-state index contributed by atoms with van der Waals surface area (Å²) in [6.07, 6.45) is -1.62. The zero-order valence-corrected chi connectivity index (χ0v) is 9.10. The van der Waals surface area contributed by atoms with Gasteiger partial charge < -0.3 is 14.2 Å². The van der Waals surface area contributed by atoms with E-state index in [1.54, 1.807) is 12.1 Å². The number of halogens is 1. The fourth-order valence-electron chi connectivity index (χ4n) is 1.15. The van der Waals surface area contributed by atoms with E-state index in [1.165, 1.54) is 26.4 Å². The molecule has 0 aliphatic rings. The van der Waals surface area contributed by atoms with Crippen LogP contribution < -0.4 is 0 Å². The third kappa shape index (κ3) is 3.29. The molecule has 16 heavy (non-hydrogen) atoms. The summed E-state index contributed by atoms with van der Waals surface area (Å²) in [5, 5.41) is 0. The smallest absolute Gasteiger partial charge is 0.337 e. The molecule has 0 amide bonds. The second kappa shape index (κ2) is 6.19. The van der Waals surface area contributed by atoms with E-state index < -0.39 is 12.3 Å². The first-order valence-electron chi connectivity index (χ1n) is 4.62. The van der Waals surface area contributed by atoms with E-state index in [0.29, 0.717) is 0 Å². The fourth-order valence-corrected chi connectivity index (χ4v) is 1.15. The van der Waals surface area contributed by atoms with Crippen molar-refractivity contribution in [3.05, 3.63) is 35.4 Å². The maximum Gasteiger partial charge on any atom is 0.337 e. The Kier molecular flexibility index (Phi) is 4.88. The van der Waals surface area contributed by atoms with Gasteiger partial charge in [-0.25, -0.2) is 9.18 Å². The van der Waals surface area contributed by atoms with Gasteiger partial charge >= 0.3 is 5.97 Å². The van der Waals surface area contributed by atoms with Crippen molar-refractivity contribution in [1.29, 1.82) is 0 Å². The average molecular weight is 228 g/mol. The molecular formula is C11H13FO4. The summed E-state index contributed by atoms with van der Waals surface area (Å²) in [7, 11) is 2.67. The lowest BCUT2D eigenvalue weighted by Crippen LogP contribution is -2.05. The second-order valence-electron chi connectivity index (χ2n) is 3.01. The third-order valence-corrected chi connectivity index (χ3v) is 1.90. The summed E-state index contributed by atoms with van der Waals surface area (Å²) in [6.45, 7) is -0.149. The van der Waals surface area contributed by atoms with E-state index in [4.69, 9.17) is 4.74 Å². The first kappa shape index (κ1) is 12.6. The highest BCUT2D eigenvalue weighted by atomic mass is 19.1. The van der Waals surface area contributed by atoms with Crippen molar-refractivity contribution in [1.82, 2.24) is 0 Å². The Bertz CT molecular complexity index is 354. The number of esters is 1. The SMILES string of the molecule is COCOC(F)c1cccc(C(=O)OC)c1. The highest BCUT2D eigenvalue weighted by Gasteiger charge is 2.12. The summed E-state index contributed by atoms with van der Waals surface area (Å²) in [6, 6.07) is 6.00. The summed E-state index contributed by atoms with van der Waals surface area (Å²) in [4.78, 5) is 11.2. The average Bonchev–Trinajstić information content (AvgIpc) is 2.35. The lowest BCUT2D eigenvalue weighted by Gasteiger charge is -2.09. The minimum Gasteiger partial charge on any atom is -0.465 e. The molecule has 1 rings (SSSR count). The lowest BCUT2D eigenvalue weighted by molar-refractivity contribution is -0.125. The number of carbonyl (C=O) groups is 1. The Morgan fingerprint density at radius 1 is 1.44 bits per heavy atom. The predicted molar refractivity (Wildman–Crippen MR) is 54.6 cm³/mol. The molecule has 0 aliphatic heterocycles. The predicted octanol–water partition coefficient (Wildman–Crippen LogP) is 2.06. The van der Waals surface area contributed by atoms with E-state index in [0.717, 1.165) is 0 Å². The van der Waals surface area contributed by atoms with Gasteiger partial charge in [-0.05, 0) is 12.1 Å². The van der Waals surface area contributed by atoms with Crippen molar-refractivity contribution in [3.8, 4) is 0 Å². The highest BCUT2D eigenvalue weighted by Crippen LogP contribution is 2.20. The van der Waals surface area contributed by atoms with Gasteiger partial charge in [0.15, 0.2) is 0 Å². The van der Waals surface area contributed by atoms with E-state index in [-0.39, 0.29) is 17.9 Å². The third-order valence-electron chi connectivity index (χ3n) is 1.90. The molecule has 0 saturated carbocycles. The molecule has 0 radical (unpaired) electrons. The Hall–Kier alpha value is -1.46. The Morgan fingerprint density at radius 3 is 2.81 bits per heavy atom. The molecule has 88 valence electrons. The van der Waals surface area contributed by atoms with Gasteiger partial charge in [-0.1, -0.05) is 12.1 Å². The minimum absolute atomic E-state index is 0.149. The van der Waals surface area contributed by atoms with Crippen LogP contribution in [-0.4, -0.2) is 27.0 Å². The zero-order valence-electron chi connectivity index (χ0n) is 9.10. The number of methoxy groups -OCH3 is 2. The van der Waals surface area contributed by atoms with Crippen LogP contribution in [0.15, 0.2) is 24.3 Å². The van der Waals surface area contributed by atoms with Crippen LogP contribution in [0.1, 0.15) is 22.3 Å². The summed E-state index contributed by atoms with van der Waals surface area (Å²) < 4.78 is 27.2. The standard InChI is InChI=1S/C11H13FO4/c1-14-7-16-10(12)8-4-3-5-9(6-8)11(13)15-2/h3-6,10H,7H2,1-2H3. The first-order chi connectivity index (χ1) is 7.69. The van der Waals surface area contributed by atoms with Crippen molar-refractivity contribution in [2.45, 2.75) is 6.36 Å². The highest BCUT2D eigenvalue weighted by molar-refractivity contribution is 5.89. The molecule has 0 heterocycles. The molecule has 0 bridgehead atoms. The number of hydrogen-bond acceptors (Lipinski definition) is 4. The number of ether oxygens (including phenoxy) is 3. The van der Waals surface area contributed by atoms with Crippen LogP contribution in [0.4, 0.5) is 4.39 Å². The molecule has 0 aromatic heterocycles. The normalized spacial score (nSPS) is 12.2. The molecule has 5 heteroatoms. The van der Waals surface area contributed by atoms with Gasteiger partial charge in [-0.15, -0.1) is 0 Å². The molecule has 1 atom stereocenters. The van der Waals surface area contributed by atoms with Crippen LogP contribution in [0.3, 0.4) is 0 Å². The van der Waals surface area contributed by atoms with E-state index in [1.807, 2.05) is 0 Å². The van der Waals surface area contributed by atoms with E-state index in [2.05, 4.69) is 9.47 Å². The first-order valence-corrected chi connectivity index (χ1v) is 4.62. The fraction of sp³-hybridized carbons (Fsp3) is 0.364. The molecule has 1 aromatic carbocycles. The van der Waals surface area contributed by atoms with Gasteiger partial charge in [0, 0.05) is 12.7 Å². The molecule has 1 unspecified atom stereocenters. The molecule has 4 nitrogen and oxygen atoms in total.